The molecule has 0 saturated heterocycles. The van der Waals surface area contributed by atoms with E-state index in [1.807, 2.05) is 41.1 Å². The van der Waals surface area contributed by atoms with Crippen LogP contribution in [-0.4, -0.2) is 15.9 Å². The van der Waals surface area contributed by atoms with Crippen LogP contribution in [0.5, 0.6) is 0 Å². The molecule has 0 fully saturated rings. The van der Waals surface area contributed by atoms with Crippen molar-refractivity contribution < 1.29 is 9.53 Å². The van der Waals surface area contributed by atoms with E-state index in [1.165, 1.54) is 16.2 Å². The molecule has 4 heterocycles. The average Bonchev–Trinajstić information content (AvgIpc) is 3.50. The zero-order valence-corrected chi connectivity index (χ0v) is 19.3. The highest BCUT2D eigenvalue weighted by Gasteiger charge is 2.23. The first-order valence-electron chi connectivity index (χ1n) is 10.1. The van der Waals surface area contributed by atoms with Gasteiger partial charge in [0.1, 0.15) is 17.3 Å². The molecule has 5 rings (SSSR count). The second kappa shape index (κ2) is 8.53. The lowest BCUT2D eigenvalue weighted by Gasteiger charge is -2.17. The number of esters is 1. The van der Waals surface area contributed by atoms with E-state index in [4.69, 9.17) is 4.74 Å². The first-order valence-corrected chi connectivity index (χ1v) is 12.7. The van der Waals surface area contributed by atoms with Crippen molar-refractivity contribution >= 4 is 61.8 Å². The number of H-pyrrole nitrogens is 1. The number of aromatic amines is 1. The lowest BCUT2D eigenvalue weighted by molar-refractivity contribution is -0.138. The third-order valence-electron chi connectivity index (χ3n) is 5.39. The lowest BCUT2D eigenvalue weighted by Crippen LogP contribution is -2.16. The van der Waals surface area contributed by atoms with E-state index >= 15 is 0 Å². The van der Waals surface area contributed by atoms with Crippen molar-refractivity contribution in [3.8, 4) is 0 Å². The number of rotatable bonds is 5. The molecule has 0 aromatic carbocycles. The number of aryl methyl sites for hydroxylation is 1. The topological polar surface area (TPSA) is 72.0 Å². The Bertz CT molecular complexity index is 1310. The van der Waals surface area contributed by atoms with Gasteiger partial charge >= 0.3 is 5.97 Å². The number of ether oxygens (including phenoxy) is 1. The number of thiophene rings is 3. The molecule has 0 bridgehead atoms. The van der Waals surface area contributed by atoms with Gasteiger partial charge in [0.25, 0.3) is 5.56 Å². The fourth-order valence-electron chi connectivity index (χ4n) is 3.85. The van der Waals surface area contributed by atoms with E-state index in [0.29, 0.717) is 22.7 Å². The number of hydrogen-bond donors (Lipinski definition) is 1. The van der Waals surface area contributed by atoms with Gasteiger partial charge in [-0.15, -0.1) is 34.0 Å². The average molecular weight is 469 g/mol. The molecular formula is C23H20N2O3S3. The van der Waals surface area contributed by atoms with E-state index < -0.39 is 5.97 Å². The maximum Gasteiger partial charge on any atom is 0.340 e. The maximum atomic E-state index is 12.9. The summed E-state index contributed by atoms with van der Waals surface area (Å²) in [5.74, 6) is 0.572. The molecule has 0 aliphatic heterocycles. The molecule has 0 amide bonds. The summed E-state index contributed by atoms with van der Waals surface area (Å²) in [5.41, 5.74) is 1.51. The predicted molar refractivity (Wildman–Crippen MR) is 128 cm³/mol. The van der Waals surface area contributed by atoms with E-state index in [2.05, 4.69) is 16.9 Å². The molecule has 4 aromatic rings. The van der Waals surface area contributed by atoms with Gasteiger partial charge in [0.05, 0.1) is 11.0 Å². The summed E-state index contributed by atoms with van der Waals surface area (Å²) >= 11 is 4.64. The molecule has 1 aliphatic carbocycles. The summed E-state index contributed by atoms with van der Waals surface area (Å²) in [6.45, 7) is 2.17. The minimum absolute atomic E-state index is 0.0733. The van der Waals surface area contributed by atoms with Gasteiger partial charge in [0.2, 0.25) is 0 Å². The van der Waals surface area contributed by atoms with Crippen LogP contribution in [0.3, 0.4) is 0 Å². The standard InChI is InChI=1S/C23H20N2O3S3/c1-13-6-7-15-18(10-13)31-22-20(15)21(26)24-19(25-22)12-28-23(27)16(17-5-3-9-30-17)11-14-4-2-8-29-14/h2-5,8-9,11,13H,6-7,10,12H2,1H3,(H,24,25,26). The second-order valence-corrected chi connectivity index (χ2v) is 10.7. The molecule has 0 saturated carbocycles. The number of aromatic nitrogens is 2. The molecule has 1 atom stereocenters. The number of carbonyl (C=O) groups excluding carboxylic acids is 1. The van der Waals surface area contributed by atoms with Gasteiger partial charge in [0.15, 0.2) is 0 Å². The molecule has 0 spiro atoms. The number of hydrogen-bond acceptors (Lipinski definition) is 7. The Hall–Kier alpha value is -2.55. The smallest absolute Gasteiger partial charge is 0.340 e. The number of carbonyl (C=O) groups is 1. The molecule has 1 aliphatic rings. The van der Waals surface area contributed by atoms with Crippen molar-refractivity contribution in [3.05, 3.63) is 71.4 Å². The lowest BCUT2D eigenvalue weighted by atomic mass is 9.89. The van der Waals surface area contributed by atoms with Crippen molar-refractivity contribution in [2.45, 2.75) is 32.8 Å². The fourth-order valence-corrected chi connectivity index (χ4v) is 6.64. The van der Waals surface area contributed by atoms with Crippen molar-refractivity contribution in [2.24, 2.45) is 5.92 Å². The molecule has 4 aromatic heterocycles. The highest BCUT2D eigenvalue weighted by molar-refractivity contribution is 7.18. The van der Waals surface area contributed by atoms with Crippen LogP contribution in [0.1, 0.15) is 39.4 Å². The minimum Gasteiger partial charge on any atom is -0.454 e. The Morgan fingerprint density at radius 3 is 2.90 bits per heavy atom. The van der Waals surface area contributed by atoms with Crippen LogP contribution in [0.25, 0.3) is 21.9 Å². The summed E-state index contributed by atoms with van der Waals surface area (Å²) in [6, 6.07) is 7.70. The van der Waals surface area contributed by atoms with Gasteiger partial charge in [-0.3, -0.25) is 4.79 Å². The second-order valence-electron chi connectivity index (χ2n) is 7.67. The van der Waals surface area contributed by atoms with E-state index in [-0.39, 0.29) is 12.2 Å². The third-order valence-corrected chi connectivity index (χ3v) is 8.26. The first-order chi connectivity index (χ1) is 15.1. The van der Waals surface area contributed by atoms with Crippen LogP contribution in [0.2, 0.25) is 0 Å². The normalized spacial score (nSPS) is 16.4. The van der Waals surface area contributed by atoms with Crippen molar-refractivity contribution in [1.82, 2.24) is 9.97 Å². The molecule has 1 N–H and O–H groups in total. The molecule has 5 nitrogen and oxygen atoms in total. The molecular weight excluding hydrogens is 448 g/mol. The minimum atomic E-state index is -0.433. The van der Waals surface area contributed by atoms with Crippen LogP contribution in [0.4, 0.5) is 0 Å². The van der Waals surface area contributed by atoms with Crippen LogP contribution in [0, 0.1) is 5.92 Å². The highest BCUT2D eigenvalue weighted by atomic mass is 32.1. The number of fused-ring (bicyclic) bond motifs is 3. The summed E-state index contributed by atoms with van der Waals surface area (Å²) in [7, 11) is 0. The zero-order chi connectivity index (χ0) is 21.4. The third kappa shape index (κ3) is 4.15. The number of nitrogens with one attached hydrogen (secondary N) is 1. The zero-order valence-electron chi connectivity index (χ0n) is 16.8. The van der Waals surface area contributed by atoms with Crippen molar-refractivity contribution in [3.63, 3.8) is 0 Å². The van der Waals surface area contributed by atoms with E-state index in [0.717, 1.165) is 39.4 Å². The van der Waals surface area contributed by atoms with Crippen LogP contribution in [0.15, 0.2) is 39.8 Å². The Morgan fingerprint density at radius 1 is 1.29 bits per heavy atom. The van der Waals surface area contributed by atoms with Gasteiger partial charge in [-0.05, 0) is 59.7 Å². The van der Waals surface area contributed by atoms with E-state index in [1.54, 1.807) is 22.7 Å². The Labute approximate surface area is 191 Å². The van der Waals surface area contributed by atoms with Crippen LogP contribution in [-0.2, 0) is 29.0 Å². The summed E-state index contributed by atoms with van der Waals surface area (Å²) in [4.78, 5) is 36.9. The monoisotopic (exact) mass is 468 g/mol. The summed E-state index contributed by atoms with van der Waals surface area (Å²) < 4.78 is 5.56. The summed E-state index contributed by atoms with van der Waals surface area (Å²) in [6.07, 6.45) is 4.86. The van der Waals surface area contributed by atoms with Crippen LogP contribution < -0.4 is 5.56 Å². The van der Waals surface area contributed by atoms with Gasteiger partial charge < -0.3 is 9.72 Å². The molecule has 0 radical (unpaired) electrons. The molecule has 1 unspecified atom stereocenters. The van der Waals surface area contributed by atoms with Gasteiger partial charge in [-0.1, -0.05) is 19.1 Å². The highest BCUT2D eigenvalue weighted by Crippen LogP contribution is 2.35. The van der Waals surface area contributed by atoms with Crippen molar-refractivity contribution in [2.75, 3.05) is 0 Å². The summed E-state index contributed by atoms with van der Waals surface area (Å²) in [5, 5.41) is 4.60. The Morgan fingerprint density at radius 2 is 2.13 bits per heavy atom. The van der Waals surface area contributed by atoms with E-state index in [9.17, 15) is 9.59 Å². The van der Waals surface area contributed by atoms with Crippen LogP contribution >= 0.6 is 34.0 Å². The van der Waals surface area contributed by atoms with Crippen molar-refractivity contribution in [1.29, 1.82) is 0 Å². The molecule has 158 valence electrons. The quantitative estimate of drug-likeness (QED) is 0.309. The Kier molecular flexibility index (Phi) is 5.60. The van der Waals surface area contributed by atoms with Gasteiger partial charge in [-0.2, -0.15) is 0 Å². The van der Waals surface area contributed by atoms with Gasteiger partial charge in [0, 0.05) is 14.6 Å². The Balaban J connectivity index is 1.40. The maximum absolute atomic E-state index is 12.9. The predicted octanol–water partition coefficient (Wildman–Crippen LogP) is 5.52. The fraction of sp³-hybridized carbons (Fsp3) is 0.261. The molecule has 8 heteroatoms. The molecule has 31 heavy (non-hydrogen) atoms. The van der Waals surface area contributed by atoms with Gasteiger partial charge in [-0.25, -0.2) is 9.78 Å². The first kappa shape index (κ1) is 20.4. The number of nitrogens with zero attached hydrogens (tertiary/aromatic N) is 1. The SMILES string of the molecule is CC1CCc2c(sc3nc(COC(=O)C(=Cc4cccs4)c4cccs4)[nH]c(=O)c23)C1. The largest absolute Gasteiger partial charge is 0.454 e.